The van der Waals surface area contributed by atoms with Gasteiger partial charge in [-0.25, -0.2) is 18.7 Å². The lowest BCUT2D eigenvalue weighted by atomic mass is 10.0. The molecule has 3 rings (SSSR count). The number of fused-ring (bicyclic) bond motifs is 1. The summed E-state index contributed by atoms with van der Waals surface area (Å²) >= 11 is 0. The maximum atomic E-state index is 13.9. The number of nitrogens with one attached hydrogen (secondary N) is 1. The number of rotatable bonds is 2. The Kier molecular flexibility index (Phi) is 3.25. The molecule has 0 saturated heterocycles. The van der Waals surface area contributed by atoms with Crippen LogP contribution < -0.4 is 5.32 Å². The molecular weight excluding hydrogens is 272 g/mol. The highest BCUT2D eigenvalue weighted by atomic mass is 19.1. The number of halogens is 2. The number of hydrogen-bond donors (Lipinski definition) is 1. The molecule has 0 aliphatic carbocycles. The van der Waals surface area contributed by atoms with Gasteiger partial charge in [-0.2, -0.15) is 0 Å². The summed E-state index contributed by atoms with van der Waals surface area (Å²) in [5.74, 6) is -0.282. The standard InChI is InChI=1S/C16H13F2N3/c1-9-14(18)16(19-2)21-15(20-9)12-7-8-13(17)11-6-4-3-5-10(11)12/h3-8H,1-2H3,(H,19,20,21). The van der Waals surface area contributed by atoms with Gasteiger partial charge in [0.2, 0.25) is 0 Å². The minimum Gasteiger partial charge on any atom is -0.371 e. The molecule has 0 unspecified atom stereocenters. The Labute approximate surface area is 120 Å². The van der Waals surface area contributed by atoms with Gasteiger partial charge in [0, 0.05) is 18.0 Å². The van der Waals surface area contributed by atoms with E-state index in [1.54, 1.807) is 38.2 Å². The van der Waals surface area contributed by atoms with E-state index in [-0.39, 0.29) is 17.3 Å². The van der Waals surface area contributed by atoms with E-state index in [4.69, 9.17) is 0 Å². The first-order valence-electron chi connectivity index (χ1n) is 6.51. The lowest BCUT2D eigenvalue weighted by molar-refractivity contribution is 0.607. The SMILES string of the molecule is CNc1nc(-c2ccc(F)c3ccccc23)nc(C)c1F. The van der Waals surface area contributed by atoms with Gasteiger partial charge in [0.05, 0.1) is 5.69 Å². The Balaban J connectivity index is 2.31. The molecule has 3 nitrogen and oxygen atoms in total. The first kappa shape index (κ1) is 13.4. The first-order chi connectivity index (χ1) is 10.1. The molecule has 5 heteroatoms. The van der Waals surface area contributed by atoms with Crippen molar-refractivity contribution in [2.24, 2.45) is 0 Å². The van der Waals surface area contributed by atoms with Crippen molar-refractivity contribution in [3.05, 3.63) is 53.7 Å². The van der Waals surface area contributed by atoms with E-state index < -0.39 is 5.82 Å². The Hall–Kier alpha value is -2.56. The molecule has 0 aliphatic heterocycles. The fraction of sp³-hybridized carbons (Fsp3) is 0.125. The molecule has 0 amide bonds. The average molecular weight is 285 g/mol. The van der Waals surface area contributed by atoms with Crippen molar-refractivity contribution < 1.29 is 8.78 Å². The van der Waals surface area contributed by atoms with Gasteiger partial charge < -0.3 is 5.32 Å². The van der Waals surface area contributed by atoms with Gasteiger partial charge in [-0.15, -0.1) is 0 Å². The van der Waals surface area contributed by atoms with Crippen LogP contribution in [-0.2, 0) is 0 Å². The highest BCUT2D eigenvalue weighted by molar-refractivity contribution is 5.95. The molecule has 1 N–H and O–H groups in total. The second kappa shape index (κ2) is 5.09. The molecule has 0 bridgehead atoms. The van der Waals surface area contributed by atoms with Crippen LogP contribution in [0.5, 0.6) is 0 Å². The third kappa shape index (κ3) is 2.20. The van der Waals surface area contributed by atoms with Crippen LogP contribution in [0.2, 0.25) is 0 Å². The molecule has 0 saturated carbocycles. The second-order valence-corrected chi connectivity index (χ2v) is 4.69. The molecule has 1 aromatic heterocycles. The van der Waals surface area contributed by atoms with Crippen molar-refractivity contribution in [3.8, 4) is 11.4 Å². The molecule has 21 heavy (non-hydrogen) atoms. The van der Waals surface area contributed by atoms with Crippen LogP contribution in [0.15, 0.2) is 36.4 Å². The largest absolute Gasteiger partial charge is 0.371 e. The fourth-order valence-electron chi connectivity index (χ4n) is 2.30. The predicted octanol–water partition coefficient (Wildman–Crippen LogP) is 3.93. The molecule has 0 atom stereocenters. The highest BCUT2D eigenvalue weighted by Gasteiger charge is 2.14. The zero-order valence-electron chi connectivity index (χ0n) is 11.6. The topological polar surface area (TPSA) is 37.8 Å². The third-order valence-electron chi connectivity index (χ3n) is 3.37. The van der Waals surface area contributed by atoms with Crippen LogP contribution in [0.1, 0.15) is 5.69 Å². The number of aryl methyl sites for hydroxylation is 1. The Bertz CT molecular complexity index is 831. The van der Waals surface area contributed by atoms with Crippen LogP contribution in [-0.4, -0.2) is 17.0 Å². The molecule has 1 heterocycles. The summed E-state index contributed by atoms with van der Waals surface area (Å²) in [6, 6.07) is 10.1. The van der Waals surface area contributed by atoms with Gasteiger partial charge >= 0.3 is 0 Å². The summed E-state index contributed by atoms with van der Waals surface area (Å²) in [6.45, 7) is 1.58. The van der Waals surface area contributed by atoms with Crippen LogP contribution in [0.25, 0.3) is 22.2 Å². The maximum Gasteiger partial charge on any atom is 0.186 e. The van der Waals surface area contributed by atoms with Crippen molar-refractivity contribution in [2.45, 2.75) is 6.92 Å². The van der Waals surface area contributed by atoms with Gasteiger partial charge in [-0.05, 0) is 24.4 Å². The zero-order valence-corrected chi connectivity index (χ0v) is 11.6. The molecule has 3 aromatic rings. The van der Waals surface area contributed by atoms with Crippen molar-refractivity contribution in [3.63, 3.8) is 0 Å². The normalized spacial score (nSPS) is 10.9. The van der Waals surface area contributed by atoms with Gasteiger partial charge in [0.1, 0.15) is 5.82 Å². The van der Waals surface area contributed by atoms with Crippen molar-refractivity contribution in [1.82, 2.24) is 9.97 Å². The van der Waals surface area contributed by atoms with Crippen molar-refractivity contribution in [1.29, 1.82) is 0 Å². The van der Waals surface area contributed by atoms with Crippen LogP contribution >= 0.6 is 0 Å². The third-order valence-corrected chi connectivity index (χ3v) is 3.37. The number of aromatic nitrogens is 2. The number of hydrogen-bond acceptors (Lipinski definition) is 3. The lowest BCUT2D eigenvalue weighted by Crippen LogP contribution is -2.03. The van der Waals surface area contributed by atoms with E-state index in [1.807, 2.05) is 6.07 Å². The second-order valence-electron chi connectivity index (χ2n) is 4.69. The van der Waals surface area contributed by atoms with Gasteiger partial charge in [-0.3, -0.25) is 0 Å². The van der Waals surface area contributed by atoms with Gasteiger partial charge in [0.25, 0.3) is 0 Å². The fourth-order valence-corrected chi connectivity index (χ4v) is 2.30. The van der Waals surface area contributed by atoms with E-state index >= 15 is 0 Å². The molecule has 0 radical (unpaired) electrons. The number of nitrogens with zero attached hydrogens (tertiary/aromatic N) is 2. The minimum absolute atomic E-state index is 0.130. The monoisotopic (exact) mass is 285 g/mol. The average Bonchev–Trinajstić information content (AvgIpc) is 2.51. The van der Waals surface area contributed by atoms with Crippen LogP contribution in [0.3, 0.4) is 0 Å². The van der Waals surface area contributed by atoms with Crippen LogP contribution in [0, 0.1) is 18.6 Å². The molecule has 0 aliphatic rings. The Morgan fingerprint density at radius 1 is 0.952 bits per heavy atom. The summed E-state index contributed by atoms with van der Waals surface area (Å²) in [5.41, 5.74) is 0.921. The van der Waals surface area contributed by atoms with E-state index in [9.17, 15) is 8.78 Å². The number of benzene rings is 2. The Morgan fingerprint density at radius 3 is 2.38 bits per heavy atom. The number of anilines is 1. The quantitative estimate of drug-likeness (QED) is 0.775. The van der Waals surface area contributed by atoms with Gasteiger partial charge in [-0.1, -0.05) is 24.3 Å². The van der Waals surface area contributed by atoms with Crippen molar-refractivity contribution >= 4 is 16.6 Å². The predicted molar refractivity (Wildman–Crippen MR) is 79.2 cm³/mol. The summed E-state index contributed by atoms with van der Waals surface area (Å²) in [5, 5.41) is 3.90. The van der Waals surface area contributed by atoms with Crippen LogP contribution in [0.4, 0.5) is 14.6 Å². The van der Waals surface area contributed by atoms with E-state index in [2.05, 4.69) is 15.3 Å². The molecule has 2 aromatic carbocycles. The van der Waals surface area contributed by atoms with E-state index in [0.29, 0.717) is 22.2 Å². The molecule has 0 spiro atoms. The van der Waals surface area contributed by atoms with E-state index in [1.165, 1.54) is 6.07 Å². The summed E-state index contributed by atoms with van der Waals surface area (Å²) < 4.78 is 27.7. The zero-order chi connectivity index (χ0) is 15.0. The maximum absolute atomic E-state index is 13.9. The Morgan fingerprint density at radius 2 is 1.67 bits per heavy atom. The highest BCUT2D eigenvalue weighted by Crippen LogP contribution is 2.29. The molecule has 106 valence electrons. The molecule has 0 fully saturated rings. The summed E-state index contributed by atoms with van der Waals surface area (Å²) in [6.07, 6.45) is 0. The minimum atomic E-state index is -0.479. The summed E-state index contributed by atoms with van der Waals surface area (Å²) in [7, 11) is 1.59. The molecular formula is C16H13F2N3. The van der Waals surface area contributed by atoms with E-state index in [0.717, 1.165) is 0 Å². The smallest absolute Gasteiger partial charge is 0.186 e. The lowest BCUT2D eigenvalue weighted by Gasteiger charge is -2.10. The first-order valence-corrected chi connectivity index (χ1v) is 6.51. The summed E-state index contributed by atoms with van der Waals surface area (Å²) in [4.78, 5) is 8.36. The van der Waals surface area contributed by atoms with Crippen molar-refractivity contribution in [2.75, 3.05) is 12.4 Å². The van der Waals surface area contributed by atoms with Gasteiger partial charge in [0.15, 0.2) is 17.5 Å².